The number of unbranched alkanes of at least 4 members (excludes halogenated alkanes) is 2. The van der Waals surface area contributed by atoms with Gasteiger partial charge >= 0.3 is 5.97 Å². The molecule has 10 heteroatoms. The average Bonchev–Trinajstić information content (AvgIpc) is 3.24. The van der Waals surface area contributed by atoms with Crippen LogP contribution in [0.5, 0.6) is 5.75 Å². The topological polar surface area (TPSA) is 104 Å². The van der Waals surface area contributed by atoms with E-state index in [4.69, 9.17) is 9.47 Å². The molecule has 0 saturated heterocycles. The van der Waals surface area contributed by atoms with Crippen LogP contribution in [0.3, 0.4) is 0 Å². The number of hydrogen-bond donors (Lipinski definition) is 0. The Labute approximate surface area is 208 Å². The Bertz CT molecular complexity index is 1190. The Morgan fingerprint density at radius 2 is 1.86 bits per heavy atom. The minimum absolute atomic E-state index is 0.117. The number of benzene rings is 1. The Kier molecular flexibility index (Phi) is 9.54. The van der Waals surface area contributed by atoms with Gasteiger partial charge in [-0.15, -0.1) is 0 Å². The van der Waals surface area contributed by atoms with E-state index < -0.39 is 5.97 Å². The van der Waals surface area contributed by atoms with Crippen LogP contribution in [0.1, 0.15) is 59.0 Å². The fourth-order valence-electron chi connectivity index (χ4n) is 3.32. The number of anilines is 1. The molecule has 2 heterocycles. The third kappa shape index (κ3) is 6.98. The molecule has 0 N–H and O–H groups in total. The van der Waals surface area contributed by atoms with Gasteiger partial charge in [0.05, 0.1) is 18.8 Å². The lowest BCUT2D eigenvalue weighted by Gasteiger charge is -2.19. The third-order valence-electron chi connectivity index (χ3n) is 5.11. The fraction of sp³-hybridized carbons (Fsp3) is 0.400. The molecule has 9 nitrogen and oxygen atoms in total. The molecule has 3 rings (SSSR count). The Balaban J connectivity index is 1.82. The molecule has 3 aromatic rings. The van der Waals surface area contributed by atoms with Crippen molar-refractivity contribution in [2.24, 2.45) is 0 Å². The average molecular weight is 499 g/mol. The van der Waals surface area contributed by atoms with Crippen LogP contribution in [0, 0.1) is 6.92 Å². The largest absolute Gasteiger partial charge is 0.492 e. The van der Waals surface area contributed by atoms with Gasteiger partial charge in [-0.3, -0.25) is 14.5 Å². The summed E-state index contributed by atoms with van der Waals surface area (Å²) in [5, 5.41) is 4.69. The number of para-hydroxylation sites is 1. The molecule has 2 aromatic heterocycles. The first-order valence-electron chi connectivity index (χ1n) is 11.7. The second-order valence-electron chi connectivity index (χ2n) is 7.74. The zero-order chi connectivity index (χ0) is 25.2. The summed E-state index contributed by atoms with van der Waals surface area (Å²) in [6.45, 7) is 6.61. The SMILES string of the molecule is CCCCCN(C(=O)c1ccc(=O)n(CCOc2ccccc2)n1)c1nc(C)c(C(=O)OCC)s1. The number of nitrogens with zero attached hydrogens (tertiary/aromatic N) is 4. The molecule has 1 aromatic carbocycles. The van der Waals surface area contributed by atoms with Crippen molar-refractivity contribution in [2.45, 2.75) is 46.6 Å². The highest BCUT2D eigenvalue weighted by atomic mass is 32.1. The van der Waals surface area contributed by atoms with Crippen molar-refractivity contribution in [3.63, 3.8) is 0 Å². The Morgan fingerprint density at radius 3 is 2.57 bits per heavy atom. The number of thiazole rings is 1. The molecule has 0 aliphatic rings. The molecule has 0 saturated carbocycles. The van der Waals surface area contributed by atoms with Crippen LogP contribution in [-0.4, -0.2) is 46.4 Å². The van der Waals surface area contributed by atoms with Crippen molar-refractivity contribution in [3.8, 4) is 5.75 Å². The zero-order valence-electron chi connectivity index (χ0n) is 20.2. The standard InChI is InChI=1S/C25H30N4O5S/c1-4-6-10-15-28(25-26-18(3)22(35-25)24(32)33-5-2)23(31)20-13-14-21(30)29(27-20)16-17-34-19-11-8-7-9-12-19/h7-9,11-14H,4-6,10,15-17H2,1-3H3. The number of esters is 1. The fourth-order valence-corrected chi connectivity index (χ4v) is 4.30. The van der Waals surface area contributed by atoms with Gasteiger partial charge in [0.2, 0.25) is 0 Å². The van der Waals surface area contributed by atoms with E-state index in [2.05, 4.69) is 17.0 Å². The van der Waals surface area contributed by atoms with Gasteiger partial charge in [-0.2, -0.15) is 5.10 Å². The quantitative estimate of drug-likeness (QED) is 0.273. The van der Waals surface area contributed by atoms with Gasteiger partial charge in [0.15, 0.2) is 5.13 Å². The van der Waals surface area contributed by atoms with Crippen LogP contribution < -0.4 is 15.2 Å². The minimum atomic E-state index is -0.459. The van der Waals surface area contributed by atoms with Gasteiger partial charge < -0.3 is 9.47 Å². The van der Waals surface area contributed by atoms with Crippen molar-refractivity contribution in [1.29, 1.82) is 0 Å². The summed E-state index contributed by atoms with van der Waals surface area (Å²) in [5.74, 6) is -0.158. The number of carbonyl (C=O) groups is 2. The van der Waals surface area contributed by atoms with E-state index >= 15 is 0 Å². The zero-order valence-corrected chi connectivity index (χ0v) is 21.0. The first kappa shape index (κ1) is 26.1. The molecule has 0 fully saturated rings. The van der Waals surface area contributed by atoms with Crippen LogP contribution >= 0.6 is 11.3 Å². The summed E-state index contributed by atoms with van der Waals surface area (Å²) in [6, 6.07) is 12.0. The molecule has 0 spiro atoms. The van der Waals surface area contributed by atoms with Crippen LogP contribution in [0.4, 0.5) is 5.13 Å². The van der Waals surface area contributed by atoms with Crippen molar-refractivity contribution >= 4 is 28.3 Å². The number of carbonyl (C=O) groups excluding carboxylic acids is 2. The summed E-state index contributed by atoms with van der Waals surface area (Å²) in [4.78, 5) is 44.4. The molecule has 0 unspecified atom stereocenters. The second kappa shape index (κ2) is 12.8. The molecule has 0 aliphatic carbocycles. The number of aromatic nitrogens is 3. The lowest BCUT2D eigenvalue weighted by Crippen LogP contribution is -2.35. The highest BCUT2D eigenvalue weighted by molar-refractivity contribution is 7.17. The molecule has 186 valence electrons. The number of rotatable bonds is 12. The van der Waals surface area contributed by atoms with Gasteiger partial charge in [-0.25, -0.2) is 14.5 Å². The summed E-state index contributed by atoms with van der Waals surface area (Å²) < 4.78 is 12.0. The van der Waals surface area contributed by atoms with Gasteiger partial charge in [0.25, 0.3) is 11.5 Å². The normalized spacial score (nSPS) is 10.7. The lowest BCUT2D eigenvalue weighted by molar-refractivity contribution is 0.0531. The van der Waals surface area contributed by atoms with E-state index in [1.807, 2.05) is 30.3 Å². The number of ether oxygens (including phenoxy) is 2. The lowest BCUT2D eigenvalue weighted by atomic mass is 10.2. The molecule has 0 aliphatic heterocycles. The predicted octanol–water partition coefficient (Wildman–Crippen LogP) is 4.10. The Morgan fingerprint density at radius 1 is 1.09 bits per heavy atom. The van der Waals surface area contributed by atoms with Crippen LogP contribution in [0.15, 0.2) is 47.3 Å². The van der Waals surface area contributed by atoms with Crippen molar-refractivity contribution < 1.29 is 19.1 Å². The smallest absolute Gasteiger partial charge is 0.350 e. The van der Waals surface area contributed by atoms with Gasteiger partial charge in [-0.1, -0.05) is 49.3 Å². The van der Waals surface area contributed by atoms with E-state index in [0.29, 0.717) is 28.0 Å². The van der Waals surface area contributed by atoms with Crippen LogP contribution in [0.2, 0.25) is 0 Å². The monoisotopic (exact) mass is 498 g/mol. The number of amides is 1. The summed E-state index contributed by atoms with van der Waals surface area (Å²) in [6.07, 6.45) is 2.68. The van der Waals surface area contributed by atoms with Crippen LogP contribution in [0.25, 0.3) is 0 Å². The maximum Gasteiger partial charge on any atom is 0.350 e. The predicted molar refractivity (Wildman–Crippen MR) is 134 cm³/mol. The van der Waals surface area contributed by atoms with Crippen molar-refractivity contribution in [1.82, 2.24) is 14.8 Å². The molecule has 35 heavy (non-hydrogen) atoms. The molecular formula is C25H30N4O5S. The summed E-state index contributed by atoms with van der Waals surface area (Å²) >= 11 is 1.12. The highest BCUT2D eigenvalue weighted by Crippen LogP contribution is 2.28. The molecule has 0 bridgehead atoms. The molecule has 0 atom stereocenters. The van der Waals surface area contributed by atoms with E-state index in [1.54, 1.807) is 13.8 Å². The van der Waals surface area contributed by atoms with Crippen molar-refractivity contribution in [3.05, 3.63) is 69.1 Å². The molecule has 0 radical (unpaired) electrons. The minimum Gasteiger partial charge on any atom is -0.492 e. The first-order valence-corrected chi connectivity index (χ1v) is 12.5. The molecular weight excluding hydrogens is 468 g/mol. The van der Waals surface area contributed by atoms with E-state index in [0.717, 1.165) is 30.6 Å². The van der Waals surface area contributed by atoms with Gasteiger partial charge in [0, 0.05) is 12.6 Å². The first-order chi connectivity index (χ1) is 16.9. The highest BCUT2D eigenvalue weighted by Gasteiger charge is 2.25. The van der Waals surface area contributed by atoms with Gasteiger partial charge in [-0.05, 0) is 38.5 Å². The van der Waals surface area contributed by atoms with Crippen molar-refractivity contribution in [2.75, 3.05) is 24.7 Å². The van der Waals surface area contributed by atoms with E-state index in [-0.39, 0.29) is 36.9 Å². The number of hydrogen-bond acceptors (Lipinski definition) is 8. The summed E-state index contributed by atoms with van der Waals surface area (Å²) in [5.41, 5.74) is 0.296. The maximum atomic E-state index is 13.5. The Hall–Kier alpha value is -3.53. The van der Waals surface area contributed by atoms with E-state index in [1.165, 1.54) is 21.7 Å². The second-order valence-corrected chi connectivity index (χ2v) is 8.71. The maximum absolute atomic E-state index is 13.5. The third-order valence-corrected chi connectivity index (χ3v) is 6.27. The van der Waals surface area contributed by atoms with E-state index in [9.17, 15) is 14.4 Å². The summed E-state index contributed by atoms with van der Waals surface area (Å²) in [7, 11) is 0. The van der Waals surface area contributed by atoms with Gasteiger partial charge in [0.1, 0.15) is 22.9 Å². The molecule has 1 amide bonds. The van der Waals surface area contributed by atoms with Crippen LogP contribution in [-0.2, 0) is 11.3 Å². The number of aryl methyl sites for hydroxylation is 1.